The van der Waals surface area contributed by atoms with Gasteiger partial charge in [-0.1, -0.05) is 55.9 Å². The molecule has 0 amide bonds. The van der Waals surface area contributed by atoms with Gasteiger partial charge in [0.2, 0.25) is 11.8 Å². The molecule has 3 N–H and O–H groups in total. The Balaban J connectivity index is 1.95. The van der Waals surface area contributed by atoms with Crippen LogP contribution in [0.5, 0.6) is 5.88 Å². The number of hydrogen-bond acceptors (Lipinski definition) is 6. The van der Waals surface area contributed by atoms with Crippen LogP contribution in [-0.4, -0.2) is 9.97 Å². The lowest BCUT2D eigenvalue weighted by molar-refractivity contribution is 0.350. The van der Waals surface area contributed by atoms with E-state index in [0.717, 1.165) is 5.56 Å². The van der Waals surface area contributed by atoms with Crippen LogP contribution in [0, 0.1) is 17.2 Å². The van der Waals surface area contributed by atoms with Gasteiger partial charge in [-0.15, -0.1) is 0 Å². The van der Waals surface area contributed by atoms with Crippen LogP contribution in [0.2, 0.25) is 0 Å². The van der Waals surface area contributed by atoms with E-state index in [1.807, 2.05) is 44.2 Å². The third-order valence-corrected chi connectivity index (χ3v) is 4.94. The minimum atomic E-state index is -0.418. The van der Waals surface area contributed by atoms with E-state index >= 15 is 0 Å². The molecule has 0 unspecified atom stereocenters. The number of fused-ring (bicyclic) bond motifs is 1. The lowest BCUT2D eigenvalue weighted by Gasteiger charge is -2.26. The Bertz CT molecular complexity index is 913. The second-order valence-electron chi connectivity index (χ2n) is 6.08. The average Bonchev–Trinajstić information content (AvgIpc) is 2.59. The fourth-order valence-electron chi connectivity index (χ4n) is 2.84. The van der Waals surface area contributed by atoms with Gasteiger partial charge in [-0.2, -0.15) is 10.2 Å². The molecule has 3 rings (SSSR count). The maximum Gasteiger partial charge on any atom is 0.259 e. The highest BCUT2D eigenvalue weighted by Crippen LogP contribution is 2.39. The summed E-state index contributed by atoms with van der Waals surface area (Å²) in [5.41, 5.74) is 7.35. The topological polar surface area (TPSA) is 105 Å². The van der Waals surface area contributed by atoms with Gasteiger partial charge in [0.15, 0.2) is 5.16 Å². The number of thioether (sulfide) groups is 1. The van der Waals surface area contributed by atoms with Gasteiger partial charge in [0.1, 0.15) is 6.07 Å². The van der Waals surface area contributed by atoms with Crippen molar-refractivity contribution in [2.45, 2.75) is 30.7 Å². The highest BCUT2D eigenvalue weighted by molar-refractivity contribution is 7.98. The number of nitrogens with one attached hydrogen (secondary N) is 1. The summed E-state index contributed by atoms with van der Waals surface area (Å²) >= 11 is 1.41. The molecule has 0 aliphatic carbocycles. The Morgan fingerprint density at radius 2 is 2.12 bits per heavy atom. The Morgan fingerprint density at radius 3 is 2.76 bits per heavy atom. The Labute approximate surface area is 149 Å². The molecule has 1 aromatic carbocycles. The van der Waals surface area contributed by atoms with Gasteiger partial charge in [0, 0.05) is 11.7 Å². The maximum absolute atomic E-state index is 12.6. The van der Waals surface area contributed by atoms with E-state index < -0.39 is 5.92 Å². The van der Waals surface area contributed by atoms with Gasteiger partial charge in [0.05, 0.1) is 11.1 Å². The summed E-state index contributed by atoms with van der Waals surface area (Å²) in [5, 5.41) is 9.82. The van der Waals surface area contributed by atoms with Crippen LogP contribution in [-0.2, 0) is 5.75 Å². The third kappa shape index (κ3) is 3.39. The molecule has 25 heavy (non-hydrogen) atoms. The second kappa shape index (κ2) is 7.03. The average molecular weight is 354 g/mol. The van der Waals surface area contributed by atoms with Crippen LogP contribution in [0.3, 0.4) is 0 Å². The fraction of sp³-hybridized carbons (Fsp3) is 0.278. The zero-order chi connectivity index (χ0) is 18.0. The number of aromatic amines is 1. The summed E-state index contributed by atoms with van der Waals surface area (Å²) in [5.74, 6) is 0.477. The molecule has 1 aromatic heterocycles. The smallest absolute Gasteiger partial charge is 0.259 e. The standard InChI is InChI=1S/C18H18N4O2S/c1-10(2)13-12(8-19)15(20)24-17-14(13)16(23)21-18(22-17)25-9-11-6-4-3-5-7-11/h3-7,10,13H,9,20H2,1-2H3,(H,21,22,23)/t13-/m1/s1. The van der Waals surface area contributed by atoms with Crippen molar-refractivity contribution in [1.29, 1.82) is 5.26 Å². The van der Waals surface area contributed by atoms with E-state index in [2.05, 4.69) is 16.0 Å². The Kier molecular flexibility index (Phi) is 4.81. The first kappa shape index (κ1) is 17.1. The van der Waals surface area contributed by atoms with Gasteiger partial charge in [-0.05, 0) is 11.5 Å². The van der Waals surface area contributed by atoms with E-state index in [0.29, 0.717) is 16.5 Å². The number of nitrogens with two attached hydrogens (primary N) is 1. The number of nitriles is 1. The third-order valence-electron chi connectivity index (χ3n) is 4.00. The molecular formula is C18H18N4O2S. The number of hydrogen-bond donors (Lipinski definition) is 2. The summed E-state index contributed by atoms with van der Waals surface area (Å²) in [7, 11) is 0. The summed E-state index contributed by atoms with van der Waals surface area (Å²) in [6.45, 7) is 3.86. The van der Waals surface area contributed by atoms with E-state index in [1.54, 1.807) is 0 Å². The molecule has 6 nitrogen and oxygen atoms in total. The molecule has 0 saturated heterocycles. The summed E-state index contributed by atoms with van der Waals surface area (Å²) in [4.78, 5) is 19.8. The van der Waals surface area contributed by atoms with Crippen LogP contribution in [0.25, 0.3) is 0 Å². The van der Waals surface area contributed by atoms with E-state index in [1.165, 1.54) is 11.8 Å². The maximum atomic E-state index is 12.6. The van der Waals surface area contributed by atoms with Crippen molar-refractivity contribution in [3.8, 4) is 11.9 Å². The molecule has 1 aliphatic heterocycles. The minimum Gasteiger partial charge on any atom is -0.422 e. The fourth-order valence-corrected chi connectivity index (χ4v) is 3.64. The number of allylic oxidation sites excluding steroid dienone is 1. The number of nitrogens with zero attached hydrogens (tertiary/aromatic N) is 2. The molecule has 2 aromatic rings. The van der Waals surface area contributed by atoms with Crippen molar-refractivity contribution in [2.24, 2.45) is 11.7 Å². The predicted molar refractivity (Wildman–Crippen MR) is 95.9 cm³/mol. The molecule has 128 valence electrons. The number of aromatic nitrogens is 2. The minimum absolute atomic E-state index is 0.0153. The summed E-state index contributed by atoms with van der Waals surface area (Å²) < 4.78 is 5.48. The van der Waals surface area contributed by atoms with Crippen LogP contribution in [0.1, 0.15) is 30.9 Å². The monoisotopic (exact) mass is 354 g/mol. The quantitative estimate of drug-likeness (QED) is 0.646. The number of benzene rings is 1. The van der Waals surface area contributed by atoms with Gasteiger partial charge in [-0.3, -0.25) is 4.79 Å². The van der Waals surface area contributed by atoms with Crippen LogP contribution >= 0.6 is 11.8 Å². The first-order valence-electron chi connectivity index (χ1n) is 7.89. The van der Waals surface area contributed by atoms with Gasteiger partial charge in [0.25, 0.3) is 5.56 Å². The van der Waals surface area contributed by atoms with Crippen molar-refractivity contribution in [3.63, 3.8) is 0 Å². The lowest BCUT2D eigenvalue weighted by atomic mass is 9.82. The Morgan fingerprint density at radius 1 is 1.40 bits per heavy atom. The highest BCUT2D eigenvalue weighted by Gasteiger charge is 2.35. The van der Waals surface area contributed by atoms with Gasteiger partial charge in [-0.25, -0.2) is 0 Å². The zero-order valence-corrected chi connectivity index (χ0v) is 14.8. The van der Waals surface area contributed by atoms with Crippen molar-refractivity contribution in [2.75, 3.05) is 0 Å². The normalized spacial score (nSPS) is 16.3. The SMILES string of the molecule is CC(C)[C@@H]1C(C#N)=C(N)Oc2nc(SCc3ccccc3)[nH]c(=O)c21. The molecule has 0 spiro atoms. The van der Waals surface area contributed by atoms with Crippen LogP contribution in [0.4, 0.5) is 0 Å². The number of H-pyrrole nitrogens is 1. The number of rotatable bonds is 4. The van der Waals surface area contributed by atoms with E-state index in [9.17, 15) is 10.1 Å². The van der Waals surface area contributed by atoms with Crippen molar-refractivity contribution >= 4 is 11.8 Å². The number of ether oxygens (including phenoxy) is 1. The van der Waals surface area contributed by atoms with E-state index in [4.69, 9.17) is 10.5 Å². The van der Waals surface area contributed by atoms with Crippen LogP contribution < -0.4 is 16.0 Å². The van der Waals surface area contributed by atoms with Crippen molar-refractivity contribution < 1.29 is 4.74 Å². The van der Waals surface area contributed by atoms with Crippen molar-refractivity contribution in [3.05, 3.63) is 63.3 Å². The molecule has 0 saturated carbocycles. The highest BCUT2D eigenvalue weighted by atomic mass is 32.2. The summed E-state index contributed by atoms with van der Waals surface area (Å²) in [6.07, 6.45) is 0. The summed E-state index contributed by atoms with van der Waals surface area (Å²) in [6, 6.07) is 12.0. The molecular weight excluding hydrogens is 336 g/mol. The van der Waals surface area contributed by atoms with Gasteiger partial charge < -0.3 is 15.5 Å². The molecule has 7 heteroatoms. The molecule has 0 fully saturated rings. The second-order valence-corrected chi connectivity index (χ2v) is 7.04. The predicted octanol–water partition coefficient (Wildman–Crippen LogP) is 2.89. The zero-order valence-electron chi connectivity index (χ0n) is 13.9. The van der Waals surface area contributed by atoms with Crippen molar-refractivity contribution in [1.82, 2.24) is 9.97 Å². The molecule has 2 heterocycles. The molecule has 0 radical (unpaired) electrons. The first-order valence-corrected chi connectivity index (χ1v) is 8.88. The molecule has 0 bridgehead atoms. The Hall–Kier alpha value is -2.72. The first-order chi connectivity index (χ1) is 12.0. The molecule has 1 atom stereocenters. The largest absolute Gasteiger partial charge is 0.422 e. The van der Waals surface area contributed by atoms with Gasteiger partial charge >= 0.3 is 0 Å². The van der Waals surface area contributed by atoms with Crippen LogP contribution in [0.15, 0.2) is 51.7 Å². The molecule has 1 aliphatic rings. The lowest BCUT2D eigenvalue weighted by Crippen LogP contribution is -2.30. The van der Waals surface area contributed by atoms with E-state index in [-0.39, 0.29) is 28.8 Å².